The first-order valence-electron chi connectivity index (χ1n) is 13.6. The van der Waals surface area contributed by atoms with Crippen LogP contribution >= 0.6 is 0 Å². The van der Waals surface area contributed by atoms with Gasteiger partial charge in [0.05, 0.1) is 41.3 Å². The van der Waals surface area contributed by atoms with Crippen LogP contribution < -0.4 is 14.8 Å². The molecular formula is C30H27F2N3O7S. The maximum absolute atomic E-state index is 13.8. The highest BCUT2D eigenvalue weighted by molar-refractivity contribution is 7.91. The number of sulfone groups is 1. The molecule has 3 aromatic carbocycles. The summed E-state index contributed by atoms with van der Waals surface area (Å²) in [4.78, 5) is 30.2. The van der Waals surface area contributed by atoms with E-state index >= 15 is 0 Å². The fourth-order valence-corrected chi connectivity index (χ4v) is 6.10. The Labute approximate surface area is 245 Å². The van der Waals surface area contributed by atoms with Gasteiger partial charge in [0.25, 0.3) is 5.91 Å². The second-order valence-electron chi connectivity index (χ2n) is 10.4. The Morgan fingerprint density at radius 3 is 2.60 bits per heavy atom. The van der Waals surface area contributed by atoms with Gasteiger partial charge in [-0.1, -0.05) is 31.2 Å². The number of methoxy groups -OCH3 is 1. The zero-order chi connectivity index (χ0) is 30.5. The van der Waals surface area contributed by atoms with Crippen LogP contribution in [0, 0.1) is 5.92 Å². The second-order valence-corrected chi connectivity index (χ2v) is 12.7. The number of imidazole rings is 1. The zero-order valence-electron chi connectivity index (χ0n) is 23.2. The van der Waals surface area contributed by atoms with Gasteiger partial charge >= 0.3 is 12.3 Å². The van der Waals surface area contributed by atoms with E-state index in [0.29, 0.717) is 34.4 Å². The van der Waals surface area contributed by atoms with E-state index in [1.54, 1.807) is 49.4 Å². The van der Waals surface area contributed by atoms with E-state index in [1.165, 1.54) is 25.3 Å². The fraction of sp³-hybridized carbons (Fsp3) is 0.300. The standard InChI is InChI=1S/C30H27F2N3O7S/c1-3-43(38,39)20-10-7-17(8-11-20)15-33-28(36)18-9-12-24-23(13-18)34-27(21-14-22(21)29(37)40-2)35(24)16-19-5-4-6-25-26(19)42-30(31,32)41-25/h4-13,21-22H,3,14-16H2,1-2H3,(H,33,36)/t21-,22-/m1/s1. The molecule has 1 fully saturated rings. The fourth-order valence-electron chi connectivity index (χ4n) is 5.22. The Morgan fingerprint density at radius 1 is 1.12 bits per heavy atom. The van der Waals surface area contributed by atoms with Crippen molar-refractivity contribution >= 4 is 32.7 Å². The van der Waals surface area contributed by atoms with Gasteiger partial charge in [-0.25, -0.2) is 13.4 Å². The zero-order valence-corrected chi connectivity index (χ0v) is 24.0. The van der Waals surface area contributed by atoms with Gasteiger partial charge in [-0.2, -0.15) is 0 Å². The molecule has 0 saturated heterocycles. The number of benzene rings is 3. The number of nitrogens with one attached hydrogen (secondary N) is 1. The molecule has 1 aromatic heterocycles. The average molecular weight is 612 g/mol. The molecule has 0 radical (unpaired) electrons. The third kappa shape index (κ3) is 5.52. The van der Waals surface area contributed by atoms with Crippen molar-refractivity contribution < 1.29 is 41.0 Å². The molecule has 0 bridgehead atoms. The van der Waals surface area contributed by atoms with Crippen molar-refractivity contribution in [2.75, 3.05) is 12.9 Å². The highest BCUT2D eigenvalue weighted by Gasteiger charge is 2.48. The molecule has 1 aliphatic heterocycles. The molecule has 1 amide bonds. The van der Waals surface area contributed by atoms with Crippen molar-refractivity contribution in [3.8, 4) is 11.5 Å². The van der Waals surface area contributed by atoms with Gasteiger partial charge in [0.1, 0.15) is 5.82 Å². The first kappa shape index (κ1) is 28.6. The first-order valence-corrected chi connectivity index (χ1v) is 15.2. The monoisotopic (exact) mass is 611 g/mol. The number of fused-ring (bicyclic) bond motifs is 2. The van der Waals surface area contributed by atoms with Crippen LogP contribution in [0.1, 0.15) is 46.6 Å². The van der Waals surface area contributed by atoms with E-state index in [4.69, 9.17) is 14.5 Å². The lowest BCUT2D eigenvalue weighted by Crippen LogP contribution is -2.26. The highest BCUT2D eigenvalue weighted by Crippen LogP contribution is 2.49. The Kier molecular flexibility index (Phi) is 7.07. The normalized spacial score (nSPS) is 18.4. The molecule has 1 N–H and O–H groups in total. The summed E-state index contributed by atoms with van der Waals surface area (Å²) in [6, 6.07) is 15.9. The van der Waals surface area contributed by atoms with Gasteiger partial charge in [-0.05, 0) is 48.4 Å². The Hall–Kier alpha value is -4.52. The van der Waals surface area contributed by atoms with Crippen molar-refractivity contribution in [2.24, 2.45) is 5.92 Å². The minimum absolute atomic E-state index is 0.00118. The number of hydrogen-bond acceptors (Lipinski definition) is 8. The molecular weight excluding hydrogens is 584 g/mol. The van der Waals surface area contributed by atoms with Gasteiger partial charge in [-0.3, -0.25) is 9.59 Å². The smallest absolute Gasteiger partial charge is 0.469 e. The van der Waals surface area contributed by atoms with Gasteiger partial charge in [0, 0.05) is 23.6 Å². The number of hydrogen-bond donors (Lipinski definition) is 1. The van der Waals surface area contributed by atoms with Crippen LogP contribution in [-0.4, -0.2) is 49.0 Å². The number of halogens is 2. The molecule has 0 unspecified atom stereocenters. The Bertz CT molecular complexity index is 1860. The Morgan fingerprint density at radius 2 is 1.88 bits per heavy atom. The lowest BCUT2D eigenvalue weighted by molar-refractivity contribution is -0.287. The van der Waals surface area contributed by atoms with Gasteiger partial charge < -0.3 is 24.1 Å². The number of alkyl halides is 2. The van der Waals surface area contributed by atoms with Crippen LogP contribution in [-0.2, 0) is 32.5 Å². The molecule has 2 heterocycles. The van der Waals surface area contributed by atoms with Crippen molar-refractivity contribution in [1.82, 2.24) is 14.9 Å². The second kappa shape index (κ2) is 10.6. The lowest BCUT2D eigenvalue weighted by Gasteiger charge is -2.12. The van der Waals surface area contributed by atoms with Crippen LogP contribution in [0.15, 0.2) is 65.6 Å². The van der Waals surface area contributed by atoms with E-state index in [-0.39, 0.29) is 58.9 Å². The van der Waals surface area contributed by atoms with E-state index in [0.717, 1.165) is 5.56 Å². The molecule has 2 atom stereocenters. The molecule has 1 aliphatic carbocycles. The number of para-hydroxylation sites is 1. The summed E-state index contributed by atoms with van der Waals surface area (Å²) >= 11 is 0. The van der Waals surface area contributed by atoms with Gasteiger partial charge in [0.15, 0.2) is 21.3 Å². The van der Waals surface area contributed by atoms with E-state index in [1.807, 2.05) is 4.57 Å². The number of ether oxygens (including phenoxy) is 3. The summed E-state index contributed by atoms with van der Waals surface area (Å²) in [5.41, 5.74) is 2.63. The van der Waals surface area contributed by atoms with Crippen LogP contribution in [0.4, 0.5) is 8.78 Å². The number of aromatic nitrogens is 2. The molecule has 224 valence electrons. The molecule has 6 rings (SSSR count). The lowest BCUT2D eigenvalue weighted by atomic mass is 10.1. The third-order valence-corrected chi connectivity index (χ3v) is 9.37. The number of carbonyl (C=O) groups is 2. The summed E-state index contributed by atoms with van der Waals surface area (Å²) in [7, 11) is -2.00. The Balaban J connectivity index is 1.27. The predicted molar refractivity (Wildman–Crippen MR) is 150 cm³/mol. The summed E-state index contributed by atoms with van der Waals surface area (Å²) in [6.45, 7) is 1.86. The number of nitrogens with zero attached hydrogens (tertiary/aromatic N) is 2. The molecule has 10 nitrogen and oxygen atoms in total. The average Bonchev–Trinajstić information content (AvgIpc) is 3.61. The van der Waals surface area contributed by atoms with E-state index in [9.17, 15) is 26.8 Å². The van der Waals surface area contributed by atoms with E-state index in [2.05, 4.69) is 10.1 Å². The topological polar surface area (TPSA) is 126 Å². The summed E-state index contributed by atoms with van der Waals surface area (Å²) in [6.07, 6.45) is -3.26. The largest absolute Gasteiger partial charge is 0.586 e. The summed E-state index contributed by atoms with van der Waals surface area (Å²) in [5.74, 6) is -0.937. The maximum atomic E-state index is 13.8. The van der Waals surface area contributed by atoms with Crippen LogP contribution in [0.3, 0.4) is 0 Å². The molecule has 13 heteroatoms. The van der Waals surface area contributed by atoms with Gasteiger partial charge in [-0.15, -0.1) is 8.78 Å². The quantitative estimate of drug-likeness (QED) is 0.276. The van der Waals surface area contributed by atoms with Crippen molar-refractivity contribution in [2.45, 2.75) is 43.5 Å². The van der Waals surface area contributed by atoms with Crippen molar-refractivity contribution in [1.29, 1.82) is 0 Å². The third-order valence-electron chi connectivity index (χ3n) is 7.62. The number of rotatable bonds is 9. The molecule has 0 spiro atoms. The van der Waals surface area contributed by atoms with Crippen molar-refractivity contribution in [3.63, 3.8) is 0 Å². The first-order chi connectivity index (χ1) is 20.5. The minimum Gasteiger partial charge on any atom is -0.469 e. The van der Waals surface area contributed by atoms with Crippen LogP contribution in [0.2, 0.25) is 0 Å². The summed E-state index contributed by atoms with van der Waals surface area (Å²) in [5, 5.41) is 2.83. The predicted octanol–water partition coefficient (Wildman–Crippen LogP) is 4.41. The van der Waals surface area contributed by atoms with Crippen LogP contribution in [0.5, 0.6) is 11.5 Å². The summed E-state index contributed by atoms with van der Waals surface area (Å²) < 4.78 is 67.9. The minimum atomic E-state index is -3.78. The van der Waals surface area contributed by atoms with Crippen LogP contribution in [0.25, 0.3) is 11.0 Å². The van der Waals surface area contributed by atoms with E-state index < -0.39 is 16.1 Å². The molecule has 2 aliphatic rings. The number of amides is 1. The SMILES string of the molecule is CCS(=O)(=O)c1ccc(CNC(=O)c2ccc3c(c2)nc([C@@H]2C[C@H]2C(=O)OC)n3Cc2cccc3c2OC(F)(F)O3)cc1. The number of carbonyl (C=O) groups excluding carboxylic acids is 2. The van der Waals surface area contributed by atoms with Gasteiger partial charge in [0.2, 0.25) is 0 Å². The maximum Gasteiger partial charge on any atom is 0.586 e. The number of esters is 1. The highest BCUT2D eigenvalue weighted by atomic mass is 32.2. The molecule has 43 heavy (non-hydrogen) atoms. The van der Waals surface area contributed by atoms with Crippen molar-refractivity contribution in [3.05, 3.63) is 83.2 Å². The molecule has 4 aromatic rings. The molecule has 1 saturated carbocycles.